The predicted molar refractivity (Wildman–Crippen MR) is 80.3 cm³/mol. The molecule has 0 aliphatic heterocycles. The molecule has 0 fully saturated rings. The highest BCUT2D eigenvalue weighted by Gasteiger charge is 2.06. The lowest BCUT2D eigenvalue weighted by molar-refractivity contribution is 0.102. The predicted octanol–water partition coefficient (Wildman–Crippen LogP) is 4.25. The van der Waals surface area contributed by atoms with Gasteiger partial charge >= 0.3 is 0 Å². The average molecular weight is 348 g/mol. The van der Waals surface area contributed by atoms with Crippen molar-refractivity contribution in [2.75, 3.05) is 11.5 Å². The minimum absolute atomic E-state index is 0.240. The topological polar surface area (TPSA) is 17.1 Å². The van der Waals surface area contributed by atoms with Crippen molar-refractivity contribution < 1.29 is 4.79 Å². The van der Waals surface area contributed by atoms with Crippen LogP contribution in [0.4, 0.5) is 0 Å². The number of benzene rings is 1. The quantitative estimate of drug-likeness (QED) is 0.565. The molecule has 1 aromatic carbocycles. The Morgan fingerprint density at radius 1 is 1.38 bits per heavy atom. The van der Waals surface area contributed by atoms with Gasteiger partial charge in [0.15, 0.2) is 5.78 Å². The van der Waals surface area contributed by atoms with Crippen LogP contribution in [0.3, 0.4) is 0 Å². The number of halogens is 1. The summed E-state index contributed by atoms with van der Waals surface area (Å²) in [6.07, 6.45) is 1.19. The SMILES string of the molecule is CCC(C)CSCC(=O)c1ccc(I)cc1. The molecule has 0 bridgehead atoms. The van der Waals surface area contributed by atoms with Crippen molar-refractivity contribution in [3.63, 3.8) is 0 Å². The van der Waals surface area contributed by atoms with Crippen LogP contribution in [0.15, 0.2) is 24.3 Å². The van der Waals surface area contributed by atoms with Crippen LogP contribution in [0, 0.1) is 9.49 Å². The molecule has 0 N–H and O–H groups in total. The molecule has 1 nitrogen and oxygen atoms in total. The van der Waals surface area contributed by atoms with Gasteiger partial charge in [-0.1, -0.05) is 32.4 Å². The summed E-state index contributed by atoms with van der Waals surface area (Å²) >= 11 is 3.99. The second-order valence-electron chi connectivity index (χ2n) is 3.96. The van der Waals surface area contributed by atoms with E-state index < -0.39 is 0 Å². The monoisotopic (exact) mass is 348 g/mol. The molecule has 1 aromatic rings. The zero-order valence-corrected chi connectivity index (χ0v) is 12.7. The summed E-state index contributed by atoms with van der Waals surface area (Å²) < 4.78 is 1.17. The number of thioether (sulfide) groups is 1. The highest BCUT2D eigenvalue weighted by Crippen LogP contribution is 2.14. The molecule has 0 spiro atoms. The van der Waals surface area contributed by atoms with Gasteiger partial charge in [-0.2, -0.15) is 11.8 Å². The second kappa shape index (κ2) is 7.33. The fourth-order valence-corrected chi connectivity index (χ4v) is 2.66. The summed E-state index contributed by atoms with van der Waals surface area (Å²) in [6, 6.07) is 7.78. The first-order valence-electron chi connectivity index (χ1n) is 5.50. The fraction of sp³-hybridized carbons (Fsp3) is 0.462. The van der Waals surface area contributed by atoms with E-state index in [4.69, 9.17) is 0 Å². The summed E-state index contributed by atoms with van der Waals surface area (Å²) in [6.45, 7) is 4.41. The summed E-state index contributed by atoms with van der Waals surface area (Å²) in [5, 5.41) is 0. The van der Waals surface area contributed by atoms with Gasteiger partial charge in [0.25, 0.3) is 0 Å². The maximum absolute atomic E-state index is 11.8. The average Bonchev–Trinajstić information content (AvgIpc) is 2.29. The number of rotatable bonds is 6. The highest BCUT2D eigenvalue weighted by molar-refractivity contribution is 14.1. The molecule has 1 unspecified atom stereocenters. The van der Waals surface area contributed by atoms with Crippen LogP contribution < -0.4 is 0 Å². The lowest BCUT2D eigenvalue weighted by Crippen LogP contribution is -2.05. The number of carbonyl (C=O) groups is 1. The lowest BCUT2D eigenvalue weighted by atomic mass is 10.1. The van der Waals surface area contributed by atoms with Gasteiger partial charge in [0, 0.05) is 9.13 Å². The summed E-state index contributed by atoms with van der Waals surface area (Å²) in [7, 11) is 0. The third kappa shape index (κ3) is 4.87. The van der Waals surface area contributed by atoms with Gasteiger partial charge in [-0.25, -0.2) is 0 Å². The molecule has 0 aromatic heterocycles. The first-order valence-corrected chi connectivity index (χ1v) is 7.73. The van der Waals surface area contributed by atoms with Gasteiger partial charge in [0.1, 0.15) is 0 Å². The van der Waals surface area contributed by atoms with E-state index in [-0.39, 0.29) is 5.78 Å². The third-order valence-corrected chi connectivity index (χ3v) is 4.49. The fourth-order valence-electron chi connectivity index (χ4n) is 1.19. The molecule has 0 aliphatic rings. The van der Waals surface area contributed by atoms with Crippen molar-refractivity contribution in [3.05, 3.63) is 33.4 Å². The van der Waals surface area contributed by atoms with Crippen LogP contribution in [0.2, 0.25) is 0 Å². The van der Waals surface area contributed by atoms with Crippen molar-refractivity contribution in [1.29, 1.82) is 0 Å². The Balaban J connectivity index is 2.38. The summed E-state index contributed by atoms with van der Waals surface area (Å²) in [5.41, 5.74) is 0.831. The van der Waals surface area contributed by atoms with Gasteiger partial charge in [0.05, 0.1) is 5.75 Å². The molecule has 0 saturated heterocycles. The molecule has 0 heterocycles. The summed E-state index contributed by atoms with van der Waals surface area (Å²) in [5.74, 6) is 2.62. The Kier molecular flexibility index (Phi) is 6.43. The van der Waals surface area contributed by atoms with E-state index in [2.05, 4.69) is 36.4 Å². The number of hydrogen-bond donors (Lipinski definition) is 0. The van der Waals surface area contributed by atoms with Crippen LogP contribution in [0.5, 0.6) is 0 Å². The molecule has 88 valence electrons. The van der Waals surface area contributed by atoms with Crippen molar-refractivity contribution in [3.8, 4) is 0 Å². The maximum Gasteiger partial charge on any atom is 0.172 e. The molecule has 16 heavy (non-hydrogen) atoms. The van der Waals surface area contributed by atoms with Gasteiger partial charge < -0.3 is 0 Å². The van der Waals surface area contributed by atoms with Gasteiger partial charge in [-0.15, -0.1) is 0 Å². The van der Waals surface area contributed by atoms with Crippen molar-refractivity contribution in [2.45, 2.75) is 20.3 Å². The minimum Gasteiger partial charge on any atom is -0.293 e. The van der Waals surface area contributed by atoms with E-state index in [1.54, 1.807) is 11.8 Å². The van der Waals surface area contributed by atoms with Crippen molar-refractivity contribution in [1.82, 2.24) is 0 Å². The number of ketones is 1. The van der Waals surface area contributed by atoms with E-state index in [1.165, 1.54) is 9.99 Å². The molecular formula is C13H17IOS. The van der Waals surface area contributed by atoms with Crippen LogP contribution in [-0.4, -0.2) is 17.3 Å². The van der Waals surface area contributed by atoms with Crippen LogP contribution in [-0.2, 0) is 0 Å². The van der Waals surface area contributed by atoms with Crippen molar-refractivity contribution >= 4 is 40.1 Å². The van der Waals surface area contributed by atoms with E-state index in [1.807, 2.05) is 24.3 Å². The van der Waals surface area contributed by atoms with Crippen LogP contribution in [0.25, 0.3) is 0 Å². The normalized spacial score (nSPS) is 12.4. The molecule has 1 atom stereocenters. The Morgan fingerprint density at radius 3 is 2.56 bits per heavy atom. The van der Waals surface area contributed by atoms with Gasteiger partial charge in [-0.3, -0.25) is 4.79 Å². The molecule has 1 rings (SSSR count). The van der Waals surface area contributed by atoms with Gasteiger partial charge in [-0.05, 0) is 46.4 Å². The van der Waals surface area contributed by atoms with E-state index >= 15 is 0 Å². The second-order valence-corrected chi connectivity index (χ2v) is 6.23. The zero-order valence-electron chi connectivity index (χ0n) is 9.70. The Labute approximate surface area is 116 Å². The first-order chi connectivity index (χ1) is 7.63. The largest absolute Gasteiger partial charge is 0.293 e. The van der Waals surface area contributed by atoms with Crippen molar-refractivity contribution in [2.24, 2.45) is 5.92 Å². The van der Waals surface area contributed by atoms with Crippen LogP contribution in [0.1, 0.15) is 30.6 Å². The van der Waals surface area contributed by atoms with E-state index in [9.17, 15) is 4.79 Å². The molecular weight excluding hydrogens is 331 g/mol. The maximum atomic E-state index is 11.8. The first kappa shape index (κ1) is 14.0. The molecule has 0 saturated carbocycles. The number of Topliss-reactive ketones (excluding diaryl/α,β-unsaturated/α-hetero) is 1. The third-order valence-electron chi connectivity index (χ3n) is 2.50. The number of carbonyl (C=O) groups excluding carboxylic acids is 1. The molecule has 0 amide bonds. The molecule has 0 aliphatic carbocycles. The van der Waals surface area contributed by atoms with E-state index in [0.29, 0.717) is 11.7 Å². The van der Waals surface area contributed by atoms with E-state index in [0.717, 1.165) is 11.3 Å². The lowest BCUT2D eigenvalue weighted by Gasteiger charge is -2.07. The Bertz CT molecular complexity index is 334. The smallest absolute Gasteiger partial charge is 0.172 e. The Hall–Kier alpha value is -0.0300. The molecule has 3 heteroatoms. The highest BCUT2D eigenvalue weighted by atomic mass is 127. The molecule has 0 radical (unpaired) electrons. The Morgan fingerprint density at radius 2 is 2.00 bits per heavy atom. The zero-order chi connectivity index (χ0) is 12.0. The van der Waals surface area contributed by atoms with Crippen LogP contribution >= 0.6 is 34.4 Å². The standard InChI is InChI=1S/C13H17IOS/c1-3-10(2)8-16-9-13(15)11-4-6-12(14)7-5-11/h4-7,10H,3,8-9H2,1-2H3. The summed E-state index contributed by atoms with van der Waals surface area (Å²) in [4.78, 5) is 11.8. The van der Waals surface area contributed by atoms with Gasteiger partial charge in [0.2, 0.25) is 0 Å². The number of hydrogen-bond acceptors (Lipinski definition) is 2. The minimum atomic E-state index is 0.240.